The van der Waals surface area contributed by atoms with Gasteiger partial charge in [0.25, 0.3) is 0 Å². The Kier molecular flexibility index (Phi) is 7.80. The van der Waals surface area contributed by atoms with Gasteiger partial charge in [0.05, 0.1) is 17.0 Å². The van der Waals surface area contributed by atoms with Gasteiger partial charge in [0.2, 0.25) is 0 Å². The number of halogens is 3. The van der Waals surface area contributed by atoms with Crippen LogP contribution in [0, 0.1) is 0 Å². The van der Waals surface area contributed by atoms with Crippen molar-refractivity contribution in [1.29, 1.82) is 0 Å². The summed E-state index contributed by atoms with van der Waals surface area (Å²) in [7, 11) is 0. The Balaban J connectivity index is 1.74. The molecule has 3 N–H and O–H groups in total. The lowest BCUT2D eigenvalue weighted by Gasteiger charge is -2.20. The topological polar surface area (TPSA) is 63.3 Å². The molecule has 0 fully saturated rings. The molecule has 1 atom stereocenters. The number of thiophene rings is 1. The molecule has 7 heteroatoms. The largest absolute Gasteiger partial charge is 0.416 e. The second-order valence-corrected chi connectivity index (χ2v) is 8.57. The molecule has 0 bridgehead atoms. The number of carbonyl (C=O) groups excluding carboxylic acids is 1. The van der Waals surface area contributed by atoms with Crippen LogP contribution in [-0.4, -0.2) is 23.0 Å². The Morgan fingerprint density at radius 3 is 2.36 bits per heavy atom. The van der Waals surface area contributed by atoms with Crippen molar-refractivity contribution in [3.05, 3.63) is 57.3 Å². The number of carbonyl (C=O) groups is 1. The first-order valence-corrected chi connectivity index (χ1v) is 10.1. The van der Waals surface area contributed by atoms with Crippen LogP contribution in [0.2, 0.25) is 0 Å². The molecule has 28 heavy (non-hydrogen) atoms. The van der Waals surface area contributed by atoms with Crippen LogP contribution in [0.25, 0.3) is 0 Å². The van der Waals surface area contributed by atoms with E-state index in [-0.39, 0.29) is 12.4 Å². The van der Waals surface area contributed by atoms with Crippen molar-refractivity contribution in [3.8, 4) is 0 Å². The van der Waals surface area contributed by atoms with E-state index < -0.39 is 17.3 Å². The van der Waals surface area contributed by atoms with E-state index in [4.69, 9.17) is 5.73 Å². The number of Topliss-reactive ketones (excluding diaryl/α,β-unsaturated/α-hetero) is 1. The second kappa shape index (κ2) is 9.67. The fourth-order valence-electron chi connectivity index (χ4n) is 2.75. The lowest BCUT2D eigenvalue weighted by molar-refractivity contribution is -0.137. The summed E-state index contributed by atoms with van der Waals surface area (Å²) in [4.78, 5) is 14.1. The van der Waals surface area contributed by atoms with Crippen molar-refractivity contribution in [2.45, 2.75) is 57.2 Å². The van der Waals surface area contributed by atoms with Crippen LogP contribution in [0.3, 0.4) is 0 Å². The van der Waals surface area contributed by atoms with E-state index in [1.54, 1.807) is 6.92 Å². The third-order valence-corrected chi connectivity index (χ3v) is 5.83. The fraction of sp³-hybridized carbons (Fsp3) is 0.476. The van der Waals surface area contributed by atoms with Crippen molar-refractivity contribution in [2.75, 3.05) is 6.61 Å². The molecule has 1 aromatic heterocycles. The quantitative estimate of drug-likeness (QED) is 0.425. The average molecular weight is 414 g/mol. The summed E-state index contributed by atoms with van der Waals surface area (Å²) in [6.45, 7) is 1.71. The number of benzene rings is 1. The molecule has 0 aliphatic carbocycles. The molecule has 0 radical (unpaired) electrons. The summed E-state index contributed by atoms with van der Waals surface area (Å²) < 4.78 is 37.6. The maximum absolute atomic E-state index is 12.5. The van der Waals surface area contributed by atoms with E-state index >= 15 is 0 Å². The Morgan fingerprint density at radius 1 is 1.07 bits per heavy atom. The zero-order chi connectivity index (χ0) is 20.8. The van der Waals surface area contributed by atoms with Crippen molar-refractivity contribution in [1.82, 2.24) is 0 Å². The molecule has 0 spiro atoms. The SMILES string of the molecule is CC(N)(CO)CCc1ccc(C(=O)CCCCc2ccc(C(F)(F)F)cc2)s1. The molecular weight excluding hydrogens is 387 g/mol. The minimum absolute atomic E-state index is 0.0803. The number of rotatable bonds is 10. The normalized spacial score (nSPS) is 14.1. The van der Waals surface area contributed by atoms with Crippen LogP contribution in [0.5, 0.6) is 0 Å². The zero-order valence-corrected chi connectivity index (χ0v) is 16.7. The molecule has 154 valence electrons. The van der Waals surface area contributed by atoms with Gasteiger partial charge in [-0.3, -0.25) is 4.79 Å². The number of aryl methyl sites for hydroxylation is 2. The van der Waals surface area contributed by atoms with Crippen LogP contribution < -0.4 is 5.73 Å². The number of hydrogen-bond acceptors (Lipinski definition) is 4. The molecule has 1 heterocycles. The zero-order valence-electron chi connectivity index (χ0n) is 15.9. The minimum Gasteiger partial charge on any atom is -0.394 e. The average Bonchev–Trinajstić information content (AvgIpc) is 3.12. The van der Waals surface area contributed by atoms with Gasteiger partial charge in [0.1, 0.15) is 0 Å². The van der Waals surface area contributed by atoms with Crippen molar-refractivity contribution in [2.24, 2.45) is 5.73 Å². The van der Waals surface area contributed by atoms with Crippen LogP contribution in [-0.2, 0) is 19.0 Å². The summed E-state index contributed by atoms with van der Waals surface area (Å²) >= 11 is 1.46. The molecule has 0 amide bonds. The molecule has 3 nitrogen and oxygen atoms in total. The molecule has 0 aliphatic rings. The van der Waals surface area contributed by atoms with Crippen LogP contribution in [0.15, 0.2) is 36.4 Å². The molecule has 2 aromatic rings. The van der Waals surface area contributed by atoms with E-state index in [2.05, 4.69) is 0 Å². The minimum atomic E-state index is -4.31. The van der Waals surface area contributed by atoms with Gasteiger partial charge in [-0.1, -0.05) is 12.1 Å². The summed E-state index contributed by atoms with van der Waals surface area (Å²) in [6.07, 6.45) is -0.436. The second-order valence-electron chi connectivity index (χ2n) is 7.40. The van der Waals surface area contributed by atoms with E-state index in [9.17, 15) is 23.1 Å². The van der Waals surface area contributed by atoms with Crippen LogP contribution in [0.1, 0.15) is 58.3 Å². The number of hydrogen-bond donors (Lipinski definition) is 2. The molecule has 0 aliphatic heterocycles. The number of aliphatic hydroxyl groups excluding tert-OH is 1. The Labute approximate surface area is 167 Å². The predicted octanol–water partition coefficient (Wildman–Crippen LogP) is 5.00. The highest BCUT2D eigenvalue weighted by Gasteiger charge is 2.29. The number of alkyl halides is 3. The van der Waals surface area contributed by atoms with Gasteiger partial charge in [-0.2, -0.15) is 13.2 Å². The van der Waals surface area contributed by atoms with Gasteiger partial charge in [0.15, 0.2) is 5.78 Å². The van der Waals surface area contributed by atoms with Crippen molar-refractivity contribution >= 4 is 17.1 Å². The van der Waals surface area contributed by atoms with E-state index in [0.29, 0.717) is 30.6 Å². The number of ketones is 1. The molecule has 0 saturated carbocycles. The van der Waals surface area contributed by atoms with Gasteiger partial charge in [-0.05, 0) is 68.9 Å². The van der Waals surface area contributed by atoms with Gasteiger partial charge in [-0.25, -0.2) is 0 Å². The molecular formula is C21H26F3NO2S. The van der Waals surface area contributed by atoms with Gasteiger partial charge in [-0.15, -0.1) is 11.3 Å². The fourth-order valence-corrected chi connectivity index (χ4v) is 3.72. The Hall–Kier alpha value is -1.70. The maximum atomic E-state index is 12.5. The van der Waals surface area contributed by atoms with Crippen molar-refractivity contribution in [3.63, 3.8) is 0 Å². The highest BCUT2D eigenvalue weighted by Crippen LogP contribution is 2.29. The standard InChI is InChI=1S/C21H26F3NO2S/c1-20(25,14-26)13-12-17-10-11-19(28-17)18(27)5-3-2-4-15-6-8-16(9-7-15)21(22,23)24/h6-11,26H,2-5,12-14,25H2,1H3. The van der Waals surface area contributed by atoms with E-state index in [1.165, 1.54) is 23.5 Å². The summed E-state index contributed by atoms with van der Waals surface area (Å²) in [5.41, 5.74) is 5.50. The third kappa shape index (κ3) is 7.04. The first-order valence-electron chi connectivity index (χ1n) is 9.28. The first-order chi connectivity index (χ1) is 13.1. The number of unbranched alkanes of at least 4 members (excludes halogenated alkanes) is 1. The lowest BCUT2D eigenvalue weighted by atomic mass is 9.98. The number of aliphatic hydroxyl groups is 1. The van der Waals surface area contributed by atoms with Crippen LogP contribution in [0.4, 0.5) is 13.2 Å². The van der Waals surface area contributed by atoms with Gasteiger partial charge < -0.3 is 10.8 Å². The van der Waals surface area contributed by atoms with Crippen LogP contribution >= 0.6 is 11.3 Å². The molecule has 2 rings (SSSR count). The van der Waals surface area contributed by atoms with E-state index in [1.807, 2.05) is 12.1 Å². The van der Waals surface area contributed by atoms with Crippen molar-refractivity contribution < 1.29 is 23.1 Å². The Bertz CT molecular complexity index is 767. The monoisotopic (exact) mass is 413 g/mol. The highest BCUT2D eigenvalue weighted by molar-refractivity contribution is 7.14. The first kappa shape index (κ1) is 22.6. The van der Waals surface area contributed by atoms with Gasteiger partial charge in [0, 0.05) is 16.8 Å². The maximum Gasteiger partial charge on any atom is 0.416 e. The summed E-state index contributed by atoms with van der Waals surface area (Å²) in [5.74, 6) is 0.0846. The number of nitrogens with two attached hydrogens (primary N) is 1. The summed E-state index contributed by atoms with van der Waals surface area (Å²) in [6, 6.07) is 8.92. The summed E-state index contributed by atoms with van der Waals surface area (Å²) in [5, 5.41) is 9.19. The third-order valence-electron chi connectivity index (χ3n) is 4.64. The highest BCUT2D eigenvalue weighted by atomic mass is 32.1. The molecule has 1 unspecified atom stereocenters. The lowest BCUT2D eigenvalue weighted by Crippen LogP contribution is -2.40. The van der Waals surface area contributed by atoms with Gasteiger partial charge >= 0.3 is 6.18 Å². The predicted molar refractivity (Wildman–Crippen MR) is 106 cm³/mol. The molecule has 1 aromatic carbocycles. The smallest absolute Gasteiger partial charge is 0.394 e. The van der Waals surface area contributed by atoms with E-state index in [0.717, 1.165) is 35.4 Å². The molecule has 0 saturated heterocycles. The Morgan fingerprint density at radius 2 is 1.75 bits per heavy atom.